The third-order valence-corrected chi connectivity index (χ3v) is 5.23. The second-order valence-corrected chi connectivity index (χ2v) is 6.40. The lowest BCUT2D eigenvalue weighted by Gasteiger charge is -2.48. The van der Waals surface area contributed by atoms with E-state index in [2.05, 4.69) is 29.2 Å². The Bertz CT molecular complexity index is 510. The normalized spacial score (nSPS) is 21.5. The van der Waals surface area contributed by atoms with Gasteiger partial charge in [0.05, 0.1) is 14.2 Å². The van der Waals surface area contributed by atoms with Gasteiger partial charge >= 0.3 is 0 Å². The second-order valence-electron chi connectivity index (χ2n) is 6.40. The summed E-state index contributed by atoms with van der Waals surface area (Å²) in [6, 6.07) is 6.40. The molecule has 1 aliphatic carbocycles. The summed E-state index contributed by atoms with van der Waals surface area (Å²) in [7, 11) is 3.46. The van der Waals surface area contributed by atoms with Crippen LogP contribution in [0.5, 0.6) is 11.5 Å². The predicted molar refractivity (Wildman–Crippen MR) is 89.6 cm³/mol. The Morgan fingerprint density at radius 3 is 2.14 bits per heavy atom. The van der Waals surface area contributed by atoms with E-state index < -0.39 is 0 Å². The number of benzene rings is 1. The Morgan fingerprint density at radius 2 is 1.59 bits per heavy atom. The lowest BCUT2D eigenvalue weighted by Crippen LogP contribution is -2.48. The smallest absolute Gasteiger partial charge is 0.122 e. The van der Waals surface area contributed by atoms with Gasteiger partial charge in [-0.2, -0.15) is 0 Å². The summed E-state index contributed by atoms with van der Waals surface area (Å²) in [6.45, 7) is 2.20. The Hall–Kier alpha value is -1.48. The molecule has 2 aliphatic rings. The SMILES string of the molecule is COc1cc(OC)cc(C2(N3CC=CCC3)CCCCC2)c1. The molecule has 0 amide bonds. The fraction of sp³-hybridized carbons (Fsp3) is 0.579. The molecule has 0 N–H and O–H groups in total. The highest BCUT2D eigenvalue weighted by atomic mass is 16.5. The molecule has 22 heavy (non-hydrogen) atoms. The highest BCUT2D eigenvalue weighted by Gasteiger charge is 2.39. The Morgan fingerprint density at radius 1 is 0.909 bits per heavy atom. The van der Waals surface area contributed by atoms with Crippen molar-refractivity contribution in [1.29, 1.82) is 0 Å². The standard InChI is InChI=1S/C19H27NO2/c1-21-17-13-16(14-18(15-17)22-2)19(9-5-3-6-10-19)20-11-7-4-8-12-20/h4,7,13-15H,3,5-6,8-12H2,1-2H3. The van der Waals surface area contributed by atoms with Crippen LogP contribution < -0.4 is 9.47 Å². The van der Waals surface area contributed by atoms with Crippen molar-refractivity contribution in [1.82, 2.24) is 4.90 Å². The van der Waals surface area contributed by atoms with E-state index in [0.717, 1.165) is 31.0 Å². The molecule has 0 radical (unpaired) electrons. The van der Waals surface area contributed by atoms with Crippen LogP contribution in [-0.4, -0.2) is 32.2 Å². The lowest BCUT2D eigenvalue weighted by atomic mass is 9.74. The highest BCUT2D eigenvalue weighted by Crippen LogP contribution is 2.45. The van der Waals surface area contributed by atoms with Crippen molar-refractivity contribution in [2.75, 3.05) is 27.3 Å². The summed E-state index contributed by atoms with van der Waals surface area (Å²) in [5, 5.41) is 0. The van der Waals surface area contributed by atoms with Crippen LogP contribution in [0, 0.1) is 0 Å². The number of hydrogen-bond donors (Lipinski definition) is 0. The first-order valence-electron chi connectivity index (χ1n) is 8.42. The van der Waals surface area contributed by atoms with Crippen molar-refractivity contribution < 1.29 is 9.47 Å². The maximum Gasteiger partial charge on any atom is 0.122 e. The molecule has 0 aromatic heterocycles. The van der Waals surface area contributed by atoms with Gasteiger partial charge in [0.25, 0.3) is 0 Å². The fourth-order valence-electron chi connectivity index (χ4n) is 4.03. The molecule has 0 atom stereocenters. The largest absolute Gasteiger partial charge is 0.497 e. The molecule has 1 heterocycles. The average Bonchev–Trinajstić information content (AvgIpc) is 2.62. The predicted octanol–water partition coefficient (Wildman–Crippen LogP) is 4.13. The molecular weight excluding hydrogens is 274 g/mol. The van der Waals surface area contributed by atoms with Gasteiger partial charge in [-0.25, -0.2) is 0 Å². The topological polar surface area (TPSA) is 21.7 Å². The molecule has 1 fully saturated rings. The molecule has 3 heteroatoms. The minimum Gasteiger partial charge on any atom is -0.497 e. The monoisotopic (exact) mass is 301 g/mol. The van der Waals surface area contributed by atoms with Crippen LogP contribution in [0.25, 0.3) is 0 Å². The van der Waals surface area contributed by atoms with Gasteiger partial charge in [0.1, 0.15) is 11.5 Å². The summed E-state index contributed by atoms with van der Waals surface area (Å²) in [5.41, 5.74) is 1.50. The van der Waals surface area contributed by atoms with Crippen molar-refractivity contribution in [3.05, 3.63) is 35.9 Å². The Kier molecular flexibility index (Phi) is 4.72. The van der Waals surface area contributed by atoms with Crippen LogP contribution >= 0.6 is 0 Å². The zero-order valence-electron chi connectivity index (χ0n) is 13.8. The van der Waals surface area contributed by atoms with E-state index in [-0.39, 0.29) is 5.54 Å². The summed E-state index contributed by atoms with van der Waals surface area (Å²) in [6.07, 6.45) is 12.2. The van der Waals surface area contributed by atoms with E-state index in [1.807, 2.05) is 6.07 Å². The van der Waals surface area contributed by atoms with E-state index in [4.69, 9.17) is 9.47 Å². The Labute approximate surface area is 133 Å². The van der Waals surface area contributed by atoms with Crippen molar-refractivity contribution in [3.8, 4) is 11.5 Å². The third-order valence-electron chi connectivity index (χ3n) is 5.23. The molecule has 3 nitrogen and oxygen atoms in total. The molecule has 1 saturated carbocycles. The summed E-state index contributed by atoms with van der Waals surface area (Å²) >= 11 is 0. The third kappa shape index (κ3) is 2.87. The van der Waals surface area contributed by atoms with E-state index in [1.165, 1.54) is 37.7 Å². The summed E-state index contributed by atoms with van der Waals surface area (Å²) < 4.78 is 11.0. The van der Waals surface area contributed by atoms with E-state index in [0.29, 0.717) is 0 Å². The van der Waals surface area contributed by atoms with Crippen LogP contribution in [0.15, 0.2) is 30.4 Å². The quantitative estimate of drug-likeness (QED) is 0.781. The van der Waals surface area contributed by atoms with Crippen LogP contribution in [0.4, 0.5) is 0 Å². The summed E-state index contributed by atoms with van der Waals surface area (Å²) in [5.74, 6) is 1.79. The van der Waals surface area contributed by atoms with Gasteiger partial charge in [-0.05, 0) is 37.0 Å². The summed E-state index contributed by atoms with van der Waals surface area (Å²) in [4.78, 5) is 2.67. The highest BCUT2D eigenvalue weighted by molar-refractivity contribution is 5.42. The molecule has 0 unspecified atom stereocenters. The number of nitrogens with zero attached hydrogens (tertiary/aromatic N) is 1. The van der Waals surface area contributed by atoms with Gasteiger partial charge in [-0.15, -0.1) is 0 Å². The number of ether oxygens (including phenoxy) is 2. The molecule has 3 rings (SSSR count). The van der Waals surface area contributed by atoms with Crippen LogP contribution in [0.3, 0.4) is 0 Å². The first-order chi connectivity index (χ1) is 10.8. The van der Waals surface area contributed by atoms with Crippen molar-refractivity contribution in [3.63, 3.8) is 0 Å². The Balaban J connectivity index is 2.03. The molecule has 1 aliphatic heterocycles. The van der Waals surface area contributed by atoms with Gasteiger partial charge in [0.2, 0.25) is 0 Å². The number of hydrogen-bond acceptors (Lipinski definition) is 3. The maximum atomic E-state index is 5.51. The molecule has 120 valence electrons. The van der Waals surface area contributed by atoms with Gasteiger partial charge in [0.15, 0.2) is 0 Å². The van der Waals surface area contributed by atoms with Crippen molar-refractivity contribution >= 4 is 0 Å². The van der Waals surface area contributed by atoms with Crippen LogP contribution in [0.2, 0.25) is 0 Å². The first-order valence-corrected chi connectivity index (χ1v) is 8.42. The van der Waals surface area contributed by atoms with E-state index >= 15 is 0 Å². The fourth-order valence-corrected chi connectivity index (χ4v) is 4.03. The van der Waals surface area contributed by atoms with E-state index in [1.54, 1.807) is 14.2 Å². The maximum absolute atomic E-state index is 5.51. The molecule has 0 spiro atoms. The molecule has 0 bridgehead atoms. The van der Waals surface area contributed by atoms with Crippen molar-refractivity contribution in [2.45, 2.75) is 44.1 Å². The van der Waals surface area contributed by atoms with Gasteiger partial charge in [0, 0.05) is 24.7 Å². The second kappa shape index (κ2) is 6.74. The average molecular weight is 301 g/mol. The van der Waals surface area contributed by atoms with Gasteiger partial charge < -0.3 is 9.47 Å². The molecule has 0 saturated heterocycles. The minimum absolute atomic E-state index is 0.144. The van der Waals surface area contributed by atoms with Gasteiger partial charge in [-0.1, -0.05) is 31.4 Å². The number of methoxy groups -OCH3 is 2. The zero-order valence-corrected chi connectivity index (χ0v) is 13.8. The molecule has 1 aromatic rings. The molecular formula is C19H27NO2. The van der Waals surface area contributed by atoms with Crippen LogP contribution in [-0.2, 0) is 5.54 Å². The molecule has 1 aromatic carbocycles. The van der Waals surface area contributed by atoms with E-state index in [9.17, 15) is 0 Å². The van der Waals surface area contributed by atoms with Crippen LogP contribution in [0.1, 0.15) is 44.1 Å². The van der Waals surface area contributed by atoms with Crippen molar-refractivity contribution in [2.24, 2.45) is 0 Å². The lowest BCUT2D eigenvalue weighted by molar-refractivity contribution is 0.0554. The number of rotatable bonds is 4. The zero-order chi connectivity index (χ0) is 15.4. The minimum atomic E-state index is 0.144. The first kappa shape index (κ1) is 15.4. The van der Waals surface area contributed by atoms with Gasteiger partial charge in [-0.3, -0.25) is 4.90 Å².